The molecule has 0 aliphatic heterocycles. The van der Waals surface area contributed by atoms with Crippen molar-refractivity contribution < 1.29 is 24.0 Å². The summed E-state index contributed by atoms with van der Waals surface area (Å²) in [7, 11) is 0. The van der Waals surface area contributed by atoms with Crippen molar-refractivity contribution in [2.45, 2.75) is 19.4 Å². The summed E-state index contributed by atoms with van der Waals surface area (Å²) >= 11 is 0. The monoisotopic (exact) mass is 396 g/mol. The normalized spacial score (nSPS) is 11.6. The minimum absolute atomic E-state index is 0.0584. The zero-order chi connectivity index (χ0) is 21.2. The number of nitro benzene ring substituents is 1. The number of carbonyl (C=O) groups excluding carboxylic acids is 3. The number of esters is 1. The van der Waals surface area contributed by atoms with Crippen LogP contribution >= 0.6 is 0 Å². The maximum absolute atomic E-state index is 12.0. The topological polar surface area (TPSA) is 116 Å². The van der Waals surface area contributed by atoms with Crippen LogP contribution in [0.4, 0.5) is 5.69 Å². The molecule has 0 aliphatic rings. The van der Waals surface area contributed by atoms with Gasteiger partial charge in [-0.05, 0) is 42.7 Å². The quantitative estimate of drug-likeness (QED) is 0.301. The van der Waals surface area contributed by atoms with E-state index >= 15 is 0 Å². The van der Waals surface area contributed by atoms with Crippen LogP contribution in [0.1, 0.15) is 18.1 Å². The molecule has 0 unspecified atom stereocenters. The molecule has 0 saturated heterocycles. The van der Waals surface area contributed by atoms with Crippen molar-refractivity contribution in [3.05, 3.63) is 81.9 Å². The Labute approximate surface area is 167 Å². The van der Waals surface area contributed by atoms with Crippen LogP contribution < -0.4 is 5.32 Å². The highest BCUT2D eigenvalue weighted by molar-refractivity contribution is 5.91. The Kier molecular flexibility index (Phi) is 7.78. The number of nitrogens with one attached hydrogen (secondary N) is 1. The number of nitro groups is 1. The third kappa shape index (κ3) is 7.37. The number of Topliss-reactive ketones (excluding diaryl/α,β-unsaturated/α-hetero) is 1. The van der Waals surface area contributed by atoms with Crippen molar-refractivity contribution in [2.75, 3.05) is 6.61 Å². The van der Waals surface area contributed by atoms with Crippen LogP contribution in [-0.4, -0.2) is 35.2 Å². The molecule has 150 valence electrons. The van der Waals surface area contributed by atoms with Crippen molar-refractivity contribution in [3.63, 3.8) is 0 Å². The van der Waals surface area contributed by atoms with Gasteiger partial charge in [0, 0.05) is 18.2 Å². The molecule has 0 aromatic heterocycles. The number of nitrogens with zero attached hydrogens (tertiary/aromatic N) is 1. The van der Waals surface area contributed by atoms with Gasteiger partial charge in [0.05, 0.1) is 11.0 Å². The molecule has 2 aromatic carbocycles. The van der Waals surface area contributed by atoms with Gasteiger partial charge in [0.25, 0.3) is 11.6 Å². The molecule has 0 spiro atoms. The molecule has 0 aliphatic carbocycles. The van der Waals surface area contributed by atoms with Crippen molar-refractivity contribution in [3.8, 4) is 0 Å². The van der Waals surface area contributed by atoms with E-state index in [1.165, 1.54) is 37.3 Å². The van der Waals surface area contributed by atoms with Gasteiger partial charge >= 0.3 is 5.97 Å². The van der Waals surface area contributed by atoms with Crippen LogP contribution in [0.25, 0.3) is 6.08 Å². The molecule has 0 bridgehead atoms. The summed E-state index contributed by atoms with van der Waals surface area (Å²) in [6, 6.07) is 14.1. The average molecular weight is 396 g/mol. The van der Waals surface area contributed by atoms with E-state index in [1.54, 1.807) is 0 Å². The maximum atomic E-state index is 12.0. The maximum Gasteiger partial charge on any atom is 0.331 e. The lowest BCUT2D eigenvalue weighted by Crippen LogP contribution is -2.43. The van der Waals surface area contributed by atoms with Gasteiger partial charge < -0.3 is 10.1 Å². The minimum atomic E-state index is -0.749. The van der Waals surface area contributed by atoms with Gasteiger partial charge in [-0.1, -0.05) is 30.3 Å². The van der Waals surface area contributed by atoms with Crippen molar-refractivity contribution in [1.82, 2.24) is 5.32 Å². The third-order valence-electron chi connectivity index (χ3n) is 3.97. The molecular formula is C21H20N2O6. The standard InChI is InChI=1S/C21H20N2O6/c1-15(24)19(13-17-5-3-2-4-6-17)22-20(25)14-29-21(26)12-9-16-7-10-18(11-8-16)23(27)28/h2-12,19H,13-14H2,1H3,(H,22,25)/b12-9+/t19-/m0/s1. The highest BCUT2D eigenvalue weighted by atomic mass is 16.6. The fraction of sp³-hybridized carbons (Fsp3) is 0.190. The Balaban J connectivity index is 1.82. The summed E-state index contributed by atoms with van der Waals surface area (Å²) in [4.78, 5) is 45.6. The van der Waals surface area contributed by atoms with E-state index in [1.807, 2.05) is 30.3 Å². The van der Waals surface area contributed by atoms with Gasteiger partial charge in [-0.15, -0.1) is 0 Å². The van der Waals surface area contributed by atoms with Crippen LogP contribution in [-0.2, 0) is 25.5 Å². The van der Waals surface area contributed by atoms with Crippen LogP contribution in [0.3, 0.4) is 0 Å². The van der Waals surface area contributed by atoms with Gasteiger partial charge in [-0.25, -0.2) is 4.79 Å². The number of ether oxygens (including phenoxy) is 1. The summed E-state index contributed by atoms with van der Waals surface area (Å²) in [5.41, 5.74) is 1.41. The first kappa shape index (κ1) is 21.5. The molecule has 2 aromatic rings. The van der Waals surface area contributed by atoms with Crippen LogP contribution in [0.15, 0.2) is 60.7 Å². The zero-order valence-electron chi connectivity index (χ0n) is 15.7. The van der Waals surface area contributed by atoms with Crippen molar-refractivity contribution in [2.24, 2.45) is 0 Å². The molecule has 0 saturated carbocycles. The van der Waals surface area contributed by atoms with E-state index in [0.29, 0.717) is 12.0 Å². The van der Waals surface area contributed by atoms with E-state index in [-0.39, 0.29) is 11.5 Å². The molecule has 1 N–H and O–H groups in total. The van der Waals surface area contributed by atoms with E-state index in [0.717, 1.165) is 11.6 Å². The lowest BCUT2D eigenvalue weighted by molar-refractivity contribution is -0.384. The molecule has 29 heavy (non-hydrogen) atoms. The average Bonchev–Trinajstić information content (AvgIpc) is 2.71. The summed E-state index contributed by atoms with van der Waals surface area (Å²) in [6.45, 7) is 0.856. The molecule has 2 rings (SSSR count). The van der Waals surface area contributed by atoms with Gasteiger partial charge in [-0.3, -0.25) is 19.7 Å². The van der Waals surface area contributed by atoms with E-state index in [2.05, 4.69) is 5.32 Å². The third-order valence-corrected chi connectivity index (χ3v) is 3.97. The molecule has 0 radical (unpaired) electrons. The number of hydrogen-bond acceptors (Lipinski definition) is 6. The molecule has 1 amide bonds. The number of benzene rings is 2. The highest BCUT2D eigenvalue weighted by Gasteiger charge is 2.18. The molecule has 8 nitrogen and oxygen atoms in total. The molecule has 0 heterocycles. The smallest absolute Gasteiger partial charge is 0.331 e. The number of ketones is 1. The second-order valence-corrected chi connectivity index (χ2v) is 6.21. The van der Waals surface area contributed by atoms with Crippen molar-refractivity contribution >= 4 is 29.4 Å². The SMILES string of the molecule is CC(=O)[C@H](Cc1ccccc1)NC(=O)COC(=O)/C=C/c1ccc([N+](=O)[O-])cc1. The predicted octanol–water partition coefficient (Wildman–Crippen LogP) is 2.47. The largest absolute Gasteiger partial charge is 0.452 e. The van der Waals surface area contributed by atoms with Gasteiger partial charge in [0.15, 0.2) is 12.4 Å². The highest BCUT2D eigenvalue weighted by Crippen LogP contribution is 2.12. The Morgan fingerprint density at radius 1 is 1.10 bits per heavy atom. The molecule has 8 heteroatoms. The fourth-order valence-electron chi connectivity index (χ4n) is 2.44. The Morgan fingerprint density at radius 3 is 2.34 bits per heavy atom. The lowest BCUT2D eigenvalue weighted by Gasteiger charge is -2.16. The van der Waals surface area contributed by atoms with Gasteiger partial charge in [0.2, 0.25) is 0 Å². The van der Waals surface area contributed by atoms with Gasteiger partial charge in [-0.2, -0.15) is 0 Å². The van der Waals surface area contributed by atoms with Crippen LogP contribution in [0, 0.1) is 10.1 Å². The van der Waals surface area contributed by atoms with Gasteiger partial charge in [0.1, 0.15) is 0 Å². The van der Waals surface area contributed by atoms with Crippen LogP contribution in [0.5, 0.6) is 0 Å². The first-order valence-corrected chi connectivity index (χ1v) is 8.78. The number of hydrogen-bond donors (Lipinski definition) is 1. The molecule has 1 atom stereocenters. The second-order valence-electron chi connectivity index (χ2n) is 6.21. The van der Waals surface area contributed by atoms with Crippen molar-refractivity contribution in [1.29, 1.82) is 0 Å². The first-order valence-electron chi connectivity index (χ1n) is 8.78. The summed E-state index contributed by atoms with van der Waals surface area (Å²) < 4.78 is 4.86. The second kappa shape index (κ2) is 10.5. The summed E-state index contributed by atoms with van der Waals surface area (Å²) in [5, 5.41) is 13.2. The molecule has 0 fully saturated rings. The van der Waals surface area contributed by atoms with E-state index in [4.69, 9.17) is 4.74 Å². The number of carbonyl (C=O) groups is 3. The van der Waals surface area contributed by atoms with Crippen LogP contribution in [0.2, 0.25) is 0 Å². The number of rotatable bonds is 9. The predicted molar refractivity (Wildman–Crippen MR) is 106 cm³/mol. The summed E-state index contributed by atoms with van der Waals surface area (Å²) in [6.07, 6.45) is 2.87. The lowest BCUT2D eigenvalue weighted by atomic mass is 10.0. The zero-order valence-corrected chi connectivity index (χ0v) is 15.7. The van der Waals surface area contributed by atoms with E-state index < -0.39 is 29.4 Å². The Bertz CT molecular complexity index is 907. The first-order chi connectivity index (χ1) is 13.8. The summed E-state index contributed by atoms with van der Waals surface area (Å²) in [5.74, 6) is -1.54. The Morgan fingerprint density at radius 2 is 1.76 bits per heavy atom. The van der Waals surface area contributed by atoms with E-state index in [9.17, 15) is 24.5 Å². The Hall–Kier alpha value is -3.81. The minimum Gasteiger partial charge on any atom is -0.452 e. The number of non-ortho nitro benzene ring substituents is 1. The number of amides is 1. The fourth-order valence-corrected chi connectivity index (χ4v) is 2.44. The molecular weight excluding hydrogens is 376 g/mol.